The molecule has 2 rings (SSSR count). The zero-order valence-corrected chi connectivity index (χ0v) is 12.6. The molecule has 1 amide bonds. The van der Waals surface area contributed by atoms with Crippen LogP contribution in [0.15, 0.2) is 0 Å². The van der Waals surface area contributed by atoms with Crippen molar-refractivity contribution < 1.29 is 9.53 Å². The Balaban J connectivity index is 2.13. The van der Waals surface area contributed by atoms with Crippen molar-refractivity contribution in [1.29, 1.82) is 0 Å². The van der Waals surface area contributed by atoms with Crippen molar-refractivity contribution in [2.45, 2.75) is 58.6 Å². The lowest BCUT2D eigenvalue weighted by molar-refractivity contribution is -0.156. The van der Waals surface area contributed by atoms with Crippen LogP contribution in [-0.4, -0.2) is 49.2 Å². The van der Waals surface area contributed by atoms with Gasteiger partial charge in [0, 0.05) is 13.1 Å². The fourth-order valence-corrected chi connectivity index (χ4v) is 3.44. The summed E-state index contributed by atoms with van der Waals surface area (Å²) in [6.45, 7) is 9.63. The molecule has 0 aromatic rings. The van der Waals surface area contributed by atoms with Gasteiger partial charge in [0.25, 0.3) is 0 Å². The number of nitrogens with one attached hydrogen (secondary N) is 1. The van der Waals surface area contributed by atoms with Gasteiger partial charge in [-0.25, -0.2) is 0 Å². The average Bonchev–Trinajstić information content (AvgIpc) is 2.42. The van der Waals surface area contributed by atoms with E-state index in [1.54, 1.807) is 0 Å². The summed E-state index contributed by atoms with van der Waals surface area (Å²) in [4.78, 5) is 15.1. The minimum Gasteiger partial charge on any atom is -0.375 e. The first-order valence-electron chi connectivity index (χ1n) is 7.72. The maximum atomic E-state index is 13.1. The van der Waals surface area contributed by atoms with Crippen LogP contribution < -0.4 is 5.32 Å². The maximum absolute atomic E-state index is 13.1. The molecule has 2 aliphatic heterocycles. The molecule has 4 heteroatoms. The molecule has 0 saturated carbocycles. The van der Waals surface area contributed by atoms with E-state index in [4.69, 9.17) is 4.74 Å². The van der Waals surface area contributed by atoms with Crippen LogP contribution in [0.2, 0.25) is 0 Å². The highest BCUT2D eigenvalue weighted by Gasteiger charge is 2.43. The zero-order chi connectivity index (χ0) is 13.9. The number of hydrogen-bond donors (Lipinski definition) is 1. The molecule has 2 aliphatic rings. The zero-order valence-electron chi connectivity index (χ0n) is 12.6. The number of piperidine rings is 1. The number of amides is 1. The summed E-state index contributed by atoms with van der Waals surface area (Å²) < 4.78 is 5.64. The lowest BCUT2D eigenvalue weighted by Gasteiger charge is -2.45. The van der Waals surface area contributed by atoms with E-state index in [-0.39, 0.29) is 17.6 Å². The number of morpholine rings is 1. The van der Waals surface area contributed by atoms with Crippen molar-refractivity contribution in [2.75, 3.05) is 26.2 Å². The van der Waals surface area contributed by atoms with E-state index in [9.17, 15) is 4.79 Å². The third-order valence-corrected chi connectivity index (χ3v) is 4.52. The van der Waals surface area contributed by atoms with Gasteiger partial charge in [0.1, 0.15) is 0 Å². The highest BCUT2D eigenvalue weighted by Crippen LogP contribution is 2.35. The van der Waals surface area contributed by atoms with Gasteiger partial charge in [0.2, 0.25) is 5.91 Å². The number of rotatable bonds is 3. The molecular formula is C15H28N2O2. The normalized spacial score (nSPS) is 36.3. The molecule has 0 aliphatic carbocycles. The molecule has 3 unspecified atom stereocenters. The smallest absolute Gasteiger partial charge is 0.230 e. The summed E-state index contributed by atoms with van der Waals surface area (Å²) in [5.41, 5.74) is -0.168. The number of ether oxygens (including phenoxy) is 1. The number of carbonyl (C=O) groups excluding carboxylic acids is 1. The monoisotopic (exact) mass is 268 g/mol. The van der Waals surface area contributed by atoms with E-state index in [2.05, 4.69) is 31.0 Å². The van der Waals surface area contributed by atoms with Gasteiger partial charge in [-0.2, -0.15) is 0 Å². The molecule has 2 heterocycles. The van der Waals surface area contributed by atoms with Crippen LogP contribution in [0.1, 0.15) is 46.5 Å². The average molecular weight is 268 g/mol. The van der Waals surface area contributed by atoms with E-state index in [0.29, 0.717) is 12.5 Å². The minimum absolute atomic E-state index is 0.162. The van der Waals surface area contributed by atoms with Crippen LogP contribution >= 0.6 is 0 Å². The Morgan fingerprint density at radius 1 is 1.47 bits per heavy atom. The van der Waals surface area contributed by atoms with Crippen LogP contribution in [0.25, 0.3) is 0 Å². The minimum atomic E-state index is -0.168. The van der Waals surface area contributed by atoms with Gasteiger partial charge < -0.3 is 15.0 Å². The quantitative estimate of drug-likeness (QED) is 0.848. The molecular weight excluding hydrogens is 240 g/mol. The van der Waals surface area contributed by atoms with Crippen LogP contribution in [-0.2, 0) is 9.53 Å². The van der Waals surface area contributed by atoms with Crippen molar-refractivity contribution in [3.05, 3.63) is 0 Å². The van der Waals surface area contributed by atoms with Crippen molar-refractivity contribution in [3.63, 3.8) is 0 Å². The van der Waals surface area contributed by atoms with Gasteiger partial charge in [-0.3, -0.25) is 4.79 Å². The Labute approximate surface area is 116 Å². The van der Waals surface area contributed by atoms with E-state index in [1.807, 2.05) is 0 Å². The van der Waals surface area contributed by atoms with Crippen LogP contribution in [0.5, 0.6) is 0 Å². The second-order valence-corrected chi connectivity index (χ2v) is 6.26. The second kappa shape index (κ2) is 6.23. The van der Waals surface area contributed by atoms with E-state index >= 15 is 0 Å². The van der Waals surface area contributed by atoms with Gasteiger partial charge in [-0.1, -0.05) is 13.3 Å². The van der Waals surface area contributed by atoms with Crippen molar-refractivity contribution in [3.8, 4) is 0 Å². The molecule has 0 radical (unpaired) electrons. The Hall–Kier alpha value is -0.610. The largest absolute Gasteiger partial charge is 0.375 e. The molecule has 0 spiro atoms. The second-order valence-electron chi connectivity index (χ2n) is 6.26. The molecule has 1 N–H and O–H groups in total. The summed E-state index contributed by atoms with van der Waals surface area (Å²) >= 11 is 0. The van der Waals surface area contributed by atoms with Crippen molar-refractivity contribution in [2.24, 2.45) is 5.41 Å². The van der Waals surface area contributed by atoms with Crippen molar-refractivity contribution >= 4 is 5.91 Å². The maximum Gasteiger partial charge on any atom is 0.230 e. The number of nitrogens with zero attached hydrogens (tertiary/aromatic N) is 1. The lowest BCUT2D eigenvalue weighted by Crippen LogP contribution is -2.58. The van der Waals surface area contributed by atoms with E-state index in [0.717, 1.165) is 45.3 Å². The van der Waals surface area contributed by atoms with Crippen LogP contribution in [0.3, 0.4) is 0 Å². The topological polar surface area (TPSA) is 41.6 Å². The van der Waals surface area contributed by atoms with Gasteiger partial charge in [-0.05, 0) is 39.7 Å². The number of carbonyl (C=O) groups is 1. The van der Waals surface area contributed by atoms with Gasteiger partial charge in [0.05, 0.1) is 24.2 Å². The summed E-state index contributed by atoms with van der Waals surface area (Å²) in [6, 6.07) is 0.208. The van der Waals surface area contributed by atoms with Crippen LogP contribution in [0.4, 0.5) is 0 Å². The molecule has 3 atom stereocenters. The first-order valence-corrected chi connectivity index (χ1v) is 7.72. The van der Waals surface area contributed by atoms with Gasteiger partial charge in [0.15, 0.2) is 0 Å². The SMILES string of the molecule is CCCC1(C(=O)N2CC(C)OCC2C)CCCNC1. The third-order valence-electron chi connectivity index (χ3n) is 4.52. The highest BCUT2D eigenvalue weighted by molar-refractivity contribution is 5.83. The van der Waals surface area contributed by atoms with E-state index < -0.39 is 0 Å². The first-order chi connectivity index (χ1) is 9.09. The van der Waals surface area contributed by atoms with E-state index in [1.165, 1.54) is 0 Å². The summed E-state index contributed by atoms with van der Waals surface area (Å²) in [7, 11) is 0. The third kappa shape index (κ3) is 3.11. The first kappa shape index (κ1) is 14.8. The van der Waals surface area contributed by atoms with Gasteiger partial charge in [-0.15, -0.1) is 0 Å². The summed E-state index contributed by atoms with van der Waals surface area (Å²) in [5, 5.41) is 3.43. The highest BCUT2D eigenvalue weighted by atomic mass is 16.5. The Morgan fingerprint density at radius 3 is 2.89 bits per heavy atom. The molecule has 0 aromatic heterocycles. The summed E-state index contributed by atoms with van der Waals surface area (Å²) in [5.74, 6) is 0.351. The molecule has 4 nitrogen and oxygen atoms in total. The Morgan fingerprint density at radius 2 is 2.26 bits per heavy atom. The van der Waals surface area contributed by atoms with Crippen molar-refractivity contribution in [1.82, 2.24) is 10.2 Å². The summed E-state index contributed by atoms with van der Waals surface area (Å²) in [6.07, 6.45) is 4.37. The predicted octanol–water partition coefficient (Wildman–Crippen LogP) is 1.79. The molecule has 0 bridgehead atoms. The molecule has 0 aromatic carbocycles. The fourth-order valence-electron chi connectivity index (χ4n) is 3.44. The molecule has 2 fully saturated rings. The van der Waals surface area contributed by atoms with Gasteiger partial charge >= 0.3 is 0 Å². The molecule has 110 valence electrons. The predicted molar refractivity (Wildman–Crippen MR) is 76.0 cm³/mol. The number of hydrogen-bond acceptors (Lipinski definition) is 3. The Bertz CT molecular complexity index is 308. The Kier molecular flexibility index (Phi) is 4.85. The fraction of sp³-hybridized carbons (Fsp3) is 0.933. The van der Waals surface area contributed by atoms with Crippen LogP contribution in [0, 0.1) is 5.41 Å². The molecule has 19 heavy (non-hydrogen) atoms. The standard InChI is InChI=1S/C15H28N2O2/c1-4-6-15(7-5-8-16-11-15)14(18)17-9-13(3)19-10-12(17)2/h12-13,16H,4-11H2,1-3H3. The molecule has 2 saturated heterocycles. The lowest BCUT2D eigenvalue weighted by atomic mass is 9.75.